The first-order chi connectivity index (χ1) is 12.4. The van der Waals surface area contributed by atoms with Crippen LogP contribution >= 0.6 is 11.3 Å². The standard InChI is InChI=1S/C19H25N5OS/c1-10(2)22-17-11(3)14(9-21-18(17)20-5)13-6-7-15-16(8-13)26-19(24-15)23-12(4)25/h6-11,14,20,22H,1-5H3,(H,23,24,25). The first kappa shape index (κ1) is 18.4. The van der Waals surface area contributed by atoms with Gasteiger partial charge in [0, 0.05) is 38.1 Å². The number of hydrogen-bond acceptors (Lipinski definition) is 6. The van der Waals surface area contributed by atoms with Gasteiger partial charge in [0.2, 0.25) is 5.91 Å². The van der Waals surface area contributed by atoms with Crippen LogP contribution in [0.5, 0.6) is 0 Å². The molecule has 1 aliphatic rings. The number of amides is 1. The minimum Gasteiger partial charge on any atom is -0.383 e. The van der Waals surface area contributed by atoms with Crippen molar-refractivity contribution in [3.05, 3.63) is 35.3 Å². The van der Waals surface area contributed by atoms with Crippen molar-refractivity contribution in [1.82, 2.24) is 15.6 Å². The minimum atomic E-state index is -0.105. The molecule has 2 atom stereocenters. The van der Waals surface area contributed by atoms with Crippen LogP contribution < -0.4 is 16.0 Å². The molecule has 0 aliphatic carbocycles. The lowest BCUT2D eigenvalue weighted by Gasteiger charge is -2.30. The monoisotopic (exact) mass is 371 g/mol. The van der Waals surface area contributed by atoms with Gasteiger partial charge < -0.3 is 16.0 Å². The lowest BCUT2D eigenvalue weighted by Crippen LogP contribution is -2.34. The molecule has 0 saturated carbocycles. The average Bonchev–Trinajstić information content (AvgIpc) is 2.96. The van der Waals surface area contributed by atoms with Gasteiger partial charge in [0.25, 0.3) is 0 Å². The maximum atomic E-state index is 11.3. The van der Waals surface area contributed by atoms with E-state index in [1.165, 1.54) is 23.8 Å². The summed E-state index contributed by atoms with van der Waals surface area (Å²) in [7, 11) is 1.90. The van der Waals surface area contributed by atoms with Gasteiger partial charge in [0.05, 0.1) is 15.9 Å². The van der Waals surface area contributed by atoms with E-state index < -0.39 is 0 Å². The Labute approximate surface area is 157 Å². The molecule has 6 nitrogen and oxygen atoms in total. The number of allylic oxidation sites excluding steroid dienone is 1. The number of carbonyl (C=O) groups excluding carboxylic acids is 1. The molecule has 1 aliphatic heterocycles. The smallest absolute Gasteiger partial charge is 0.223 e. The van der Waals surface area contributed by atoms with Gasteiger partial charge in [-0.15, -0.1) is 0 Å². The second-order valence-corrected chi connectivity index (χ2v) is 7.86. The van der Waals surface area contributed by atoms with Crippen molar-refractivity contribution in [2.24, 2.45) is 10.9 Å². The lowest BCUT2D eigenvalue weighted by molar-refractivity contribution is -0.114. The van der Waals surface area contributed by atoms with Crippen LogP contribution in [0.2, 0.25) is 0 Å². The molecule has 1 aromatic carbocycles. The Morgan fingerprint density at radius 1 is 1.31 bits per heavy atom. The van der Waals surface area contributed by atoms with Crippen LogP contribution in [0.25, 0.3) is 10.2 Å². The second-order valence-electron chi connectivity index (χ2n) is 6.83. The molecule has 1 amide bonds. The van der Waals surface area contributed by atoms with Gasteiger partial charge in [-0.1, -0.05) is 24.3 Å². The number of rotatable bonds is 5. The van der Waals surface area contributed by atoms with Crippen LogP contribution in [-0.4, -0.2) is 30.2 Å². The van der Waals surface area contributed by atoms with Gasteiger partial charge in [-0.2, -0.15) is 0 Å². The number of anilines is 1. The number of nitrogens with one attached hydrogen (secondary N) is 3. The summed E-state index contributed by atoms with van der Waals surface area (Å²) < 4.78 is 1.06. The third-order valence-electron chi connectivity index (χ3n) is 4.37. The SMILES string of the molecule is CNC1=C(NC(C)C)C(C)C(c2ccc3nc(NC(C)=O)sc3c2)C=N1. The zero-order chi connectivity index (χ0) is 18.8. The second kappa shape index (κ2) is 7.45. The summed E-state index contributed by atoms with van der Waals surface area (Å²) in [5.41, 5.74) is 3.23. The van der Waals surface area contributed by atoms with E-state index in [9.17, 15) is 4.79 Å². The Balaban J connectivity index is 1.92. The topological polar surface area (TPSA) is 78.4 Å². The van der Waals surface area contributed by atoms with Gasteiger partial charge in [0.1, 0.15) is 5.82 Å². The summed E-state index contributed by atoms with van der Waals surface area (Å²) in [5.74, 6) is 1.25. The van der Waals surface area contributed by atoms with Gasteiger partial charge in [-0.25, -0.2) is 9.98 Å². The van der Waals surface area contributed by atoms with Crippen LogP contribution in [0.3, 0.4) is 0 Å². The van der Waals surface area contributed by atoms with E-state index in [1.807, 2.05) is 19.3 Å². The average molecular weight is 372 g/mol. The minimum absolute atomic E-state index is 0.105. The van der Waals surface area contributed by atoms with E-state index in [-0.39, 0.29) is 17.7 Å². The molecule has 3 rings (SSSR count). The first-order valence-corrected chi connectivity index (χ1v) is 9.61. The molecule has 0 radical (unpaired) electrons. The molecule has 1 aromatic heterocycles. The van der Waals surface area contributed by atoms with Gasteiger partial charge in [-0.3, -0.25) is 4.79 Å². The fourth-order valence-corrected chi connectivity index (χ4v) is 4.15. The van der Waals surface area contributed by atoms with Crippen LogP contribution in [0.1, 0.15) is 39.2 Å². The zero-order valence-corrected chi connectivity index (χ0v) is 16.6. The number of nitrogens with zero attached hydrogens (tertiary/aromatic N) is 2. The molecule has 0 spiro atoms. The van der Waals surface area contributed by atoms with E-state index in [4.69, 9.17) is 0 Å². The molecule has 0 saturated heterocycles. The number of thiazole rings is 1. The number of benzene rings is 1. The highest BCUT2D eigenvalue weighted by molar-refractivity contribution is 7.22. The predicted octanol–water partition coefficient (Wildman–Crippen LogP) is 3.45. The highest BCUT2D eigenvalue weighted by Gasteiger charge is 2.28. The summed E-state index contributed by atoms with van der Waals surface area (Å²) in [4.78, 5) is 20.3. The number of hydrogen-bond donors (Lipinski definition) is 3. The molecule has 0 bridgehead atoms. The molecule has 3 N–H and O–H groups in total. The van der Waals surface area contributed by atoms with E-state index in [2.05, 4.69) is 58.8 Å². The fourth-order valence-electron chi connectivity index (χ4n) is 3.19. The molecular formula is C19H25N5OS. The number of aromatic nitrogens is 1. The summed E-state index contributed by atoms with van der Waals surface area (Å²) in [6.07, 6.45) is 2.01. The van der Waals surface area contributed by atoms with Crippen molar-refractivity contribution in [2.75, 3.05) is 12.4 Å². The summed E-state index contributed by atoms with van der Waals surface area (Å²) in [6.45, 7) is 7.98. The third kappa shape index (κ3) is 3.72. The molecule has 2 aromatic rings. The largest absolute Gasteiger partial charge is 0.383 e. The highest BCUT2D eigenvalue weighted by atomic mass is 32.1. The van der Waals surface area contributed by atoms with Crippen molar-refractivity contribution >= 4 is 38.8 Å². The van der Waals surface area contributed by atoms with Crippen LogP contribution in [-0.2, 0) is 4.79 Å². The van der Waals surface area contributed by atoms with E-state index in [0.717, 1.165) is 21.7 Å². The van der Waals surface area contributed by atoms with Crippen molar-refractivity contribution in [3.8, 4) is 0 Å². The first-order valence-electron chi connectivity index (χ1n) is 8.79. The normalized spacial score (nSPS) is 19.9. The highest BCUT2D eigenvalue weighted by Crippen LogP contribution is 2.35. The summed E-state index contributed by atoms with van der Waals surface area (Å²) in [5, 5.41) is 10.1. The van der Waals surface area contributed by atoms with Crippen LogP contribution in [0, 0.1) is 5.92 Å². The fraction of sp³-hybridized carbons (Fsp3) is 0.421. The maximum Gasteiger partial charge on any atom is 0.223 e. The third-order valence-corrected chi connectivity index (χ3v) is 5.31. The Morgan fingerprint density at radius 3 is 2.73 bits per heavy atom. The van der Waals surface area contributed by atoms with Gasteiger partial charge in [0.15, 0.2) is 5.13 Å². The summed E-state index contributed by atoms with van der Waals surface area (Å²) in [6, 6.07) is 6.61. The molecule has 7 heteroatoms. The number of fused-ring (bicyclic) bond motifs is 1. The van der Waals surface area contributed by atoms with Crippen molar-refractivity contribution < 1.29 is 4.79 Å². The Kier molecular flexibility index (Phi) is 5.27. The van der Waals surface area contributed by atoms with Crippen molar-refractivity contribution in [3.63, 3.8) is 0 Å². The Bertz CT molecular complexity index is 883. The van der Waals surface area contributed by atoms with E-state index >= 15 is 0 Å². The molecule has 26 heavy (non-hydrogen) atoms. The van der Waals surface area contributed by atoms with Crippen LogP contribution in [0.15, 0.2) is 34.7 Å². The van der Waals surface area contributed by atoms with Crippen molar-refractivity contribution in [2.45, 2.75) is 39.7 Å². The molecular weight excluding hydrogens is 346 g/mol. The number of aliphatic imine (C=N–C) groups is 1. The molecule has 2 heterocycles. The Hall–Kier alpha value is -2.41. The zero-order valence-electron chi connectivity index (χ0n) is 15.8. The Morgan fingerprint density at radius 2 is 2.08 bits per heavy atom. The molecule has 138 valence electrons. The number of carbonyl (C=O) groups is 1. The molecule has 0 fully saturated rings. The van der Waals surface area contributed by atoms with E-state index in [0.29, 0.717) is 11.2 Å². The quantitative estimate of drug-likeness (QED) is 0.752. The predicted molar refractivity (Wildman–Crippen MR) is 109 cm³/mol. The lowest BCUT2D eigenvalue weighted by atomic mass is 9.84. The van der Waals surface area contributed by atoms with Gasteiger partial charge >= 0.3 is 0 Å². The van der Waals surface area contributed by atoms with Gasteiger partial charge in [-0.05, 0) is 31.5 Å². The summed E-state index contributed by atoms with van der Waals surface area (Å²) >= 11 is 1.49. The van der Waals surface area contributed by atoms with Crippen LogP contribution in [0.4, 0.5) is 5.13 Å². The molecule has 2 unspecified atom stereocenters. The van der Waals surface area contributed by atoms with Crippen molar-refractivity contribution in [1.29, 1.82) is 0 Å². The van der Waals surface area contributed by atoms with E-state index in [1.54, 1.807) is 0 Å². The maximum absolute atomic E-state index is 11.3.